The minimum Gasteiger partial charge on any atom is -0.481 e. The van der Waals surface area contributed by atoms with Crippen LogP contribution in [0.3, 0.4) is 0 Å². The fourth-order valence-corrected chi connectivity index (χ4v) is 4.74. The predicted molar refractivity (Wildman–Crippen MR) is 131 cm³/mol. The van der Waals surface area contributed by atoms with E-state index in [4.69, 9.17) is 4.42 Å². The smallest absolute Gasteiger partial charge is 0.307 e. The minimum absolute atomic E-state index is 0.0632. The quantitative estimate of drug-likeness (QED) is 0.318. The number of carboxylic acids is 1. The lowest BCUT2D eigenvalue weighted by molar-refractivity contribution is -0.144. The van der Waals surface area contributed by atoms with E-state index in [1.807, 2.05) is 61.5 Å². The average molecular weight is 455 g/mol. The standard InChI is InChI=1S/C28H26N2O4/c1-17-6-15-25-24(16-17)30-28(34-25)29-21-13-11-19(12-14-21)18-7-9-20(10-8-18)26(31)22-4-2-3-5-23(22)27(32)33/h6-16,22-23H,2-5H2,1H3,(H,29,30)(H,32,33)/t22?,23-/m0/s1. The highest BCUT2D eigenvalue weighted by Crippen LogP contribution is 2.33. The summed E-state index contributed by atoms with van der Waals surface area (Å²) in [4.78, 5) is 29.0. The maximum atomic E-state index is 13.0. The van der Waals surface area contributed by atoms with Gasteiger partial charge in [-0.05, 0) is 60.7 Å². The molecule has 1 unspecified atom stereocenters. The molecule has 1 saturated carbocycles. The van der Waals surface area contributed by atoms with Crippen LogP contribution in [0.2, 0.25) is 0 Å². The van der Waals surface area contributed by atoms with Crippen molar-refractivity contribution in [2.45, 2.75) is 32.6 Å². The number of rotatable bonds is 6. The Kier molecular flexibility index (Phi) is 5.88. The van der Waals surface area contributed by atoms with Gasteiger partial charge in [-0.15, -0.1) is 0 Å². The van der Waals surface area contributed by atoms with Crippen LogP contribution in [0.4, 0.5) is 11.7 Å². The number of anilines is 2. The summed E-state index contributed by atoms with van der Waals surface area (Å²) in [6, 6.07) is 21.7. The molecule has 1 aromatic heterocycles. The second kappa shape index (κ2) is 9.14. The van der Waals surface area contributed by atoms with E-state index in [0.29, 0.717) is 24.4 Å². The Hall–Kier alpha value is -3.93. The van der Waals surface area contributed by atoms with Gasteiger partial charge in [-0.1, -0.05) is 55.3 Å². The number of hydrogen-bond donors (Lipinski definition) is 2. The first-order valence-corrected chi connectivity index (χ1v) is 11.6. The number of fused-ring (bicyclic) bond motifs is 1. The van der Waals surface area contributed by atoms with E-state index >= 15 is 0 Å². The second-order valence-corrected chi connectivity index (χ2v) is 8.97. The highest BCUT2D eigenvalue weighted by atomic mass is 16.4. The summed E-state index contributed by atoms with van der Waals surface area (Å²) >= 11 is 0. The third-order valence-corrected chi connectivity index (χ3v) is 6.60. The number of aliphatic carboxylic acids is 1. The normalized spacial score (nSPS) is 18.0. The van der Waals surface area contributed by atoms with E-state index in [9.17, 15) is 14.7 Å². The summed E-state index contributed by atoms with van der Waals surface area (Å²) in [7, 11) is 0. The molecule has 0 bridgehead atoms. The molecule has 6 nitrogen and oxygen atoms in total. The molecule has 0 amide bonds. The van der Waals surface area contributed by atoms with Crippen LogP contribution < -0.4 is 5.32 Å². The summed E-state index contributed by atoms with van der Waals surface area (Å²) in [6.45, 7) is 2.02. The van der Waals surface area contributed by atoms with Crippen molar-refractivity contribution in [2.24, 2.45) is 11.8 Å². The van der Waals surface area contributed by atoms with Crippen molar-refractivity contribution in [3.05, 3.63) is 77.9 Å². The molecule has 2 N–H and O–H groups in total. The summed E-state index contributed by atoms with van der Waals surface area (Å²) in [5.74, 6) is -1.94. The maximum Gasteiger partial charge on any atom is 0.307 e. The number of carboxylic acid groups (broad SMARTS) is 1. The summed E-state index contributed by atoms with van der Waals surface area (Å²) in [5.41, 5.74) is 6.11. The number of carbonyl (C=O) groups is 2. The van der Waals surface area contributed by atoms with Crippen molar-refractivity contribution in [3.63, 3.8) is 0 Å². The molecule has 1 aliphatic rings. The van der Waals surface area contributed by atoms with E-state index in [2.05, 4.69) is 10.3 Å². The Morgan fingerprint density at radius 2 is 1.56 bits per heavy atom. The fourth-order valence-electron chi connectivity index (χ4n) is 4.74. The third-order valence-electron chi connectivity index (χ3n) is 6.60. The van der Waals surface area contributed by atoms with Gasteiger partial charge in [-0.25, -0.2) is 0 Å². The first-order valence-electron chi connectivity index (χ1n) is 11.6. The second-order valence-electron chi connectivity index (χ2n) is 8.97. The van der Waals surface area contributed by atoms with E-state index in [-0.39, 0.29) is 5.78 Å². The molecule has 0 radical (unpaired) electrons. The maximum absolute atomic E-state index is 13.0. The van der Waals surface area contributed by atoms with Gasteiger partial charge in [0.15, 0.2) is 11.4 Å². The molecular weight excluding hydrogens is 428 g/mol. The third kappa shape index (κ3) is 4.44. The van der Waals surface area contributed by atoms with Gasteiger partial charge >= 0.3 is 5.97 Å². The van der Waals surface area contributed by atoms with E-state index in [0.717, 1.165) is 46.3 Å². The van der Waals surface area contributed by atoms with Crippen LogP contribution in [0, 0.1) is 18.8 Å². The Bertz CT molecular complexity index is 1340. The van der Waals surface area contributed by atoms with Crippen molar-refractivity contribution in [1.82, 2.24) is 4.98 Å². The number of nitrogens with one attached hydrogen (secondary N) is 1. The molecule has 1 fully saturated rings. The summed E-state index contributed by atoms with van der Waals surface area (Å²) < 4.78 is 5.76. The van der Waals surface area contributed by atoms with Crippen molar-refractivity contribution in [2.75, 3.05) is 5.32 Å². The predicted octanol–water partition coefficient (Wildman–Crippen LogP) is 6.62. The monoisotopic (exact) mass is 454 g/mol. The van der Waals surface area contributed by atoms with Crippen molar-refractivity contribution >= 4 is 34.6 Å². The van der Waals surface area contributed by atoms with E-state index in [1.165, 1.54) is 0 Å². The van der Waals surface area contributed by atoms with E-state index in [1.54, 1.807) is 12.1 Å². The first-order chi connectivity index (χ1) is 16.5. The molecule has 3 aromatic carbocycles. The Balaban J connectivity index is 1.28. The van der Waals surface area contributed by atoms with Crippen molar-refractivity contribution in [1.29, 1.82) is 0 Å². The number of hydrogen-bond acceptors (Lipinski definition) is 5. The molecule has 0 spiro atoms. The van der Waals surface area contributed by atoms with Gasteiger partial charge in [-0.3, -0.25) is 9.59 Å². The molecule has 1 heterocycles. The Morgan fingerprint density at radius 1 is 0.912 bits per heavy atom. The summed E-state index contributed by atoms with van der Waals surface area (Å²) in [5, 5.41) is 12.7. The molecule has 0 aliphatic heterocycles. The van der Waals surface area contributed by atoms with Gasteiger partial charge in [0.2, 0.25) is 0 Å². The zero-order chi connectivity index (χ0) is 23.7. The molecule has 6 heteroatoms. The highest BCUT2D eigenvalue weighted by molar-refractivity contribution is 6.00. The largest absolute Gasteiger partial charge is 0.481 e. The van der Waals surface area contributed by atoms with Crippen molar-refractivity contribution < 1.29 is 19.1 Å². The van der Waals surface area contributed by atoms with Gasteiger partial charge in [0.05, 0.1) is 5.92 Å². The van der Waals surface area contributed by atoms with Crippen LogP contribution in [0.1, 0.15) is 41.6 Å². The average Bonchev–Trinajstić information content (AvgIpc) is 3.25. The van der Waals surface area contributed by atoms with Crippen molar-refractivity contribution in [3.8, 4) is 11.1 Å². The lowest BCUT2D eigenvalue weighted by Crippen LogP contribution is -2.32. The molecule has 172 valence electrons. The van der Waals surface area contributed by atoms with Crippen LogP contribution in [0.5, 0.6) is 0 Å². The zero-order valence-electron chi connectivity index (χ0n) is 19.0. The van der Waals surface area contributed by atoms with Gasteiger partial charge in [0.1, 0.15) is 5.52 Å². The van der Waals surface area contributed by atoms with Gasteiger partial charge < -0.3 is 14.8 Å². The SMILES string of the molecule is Cc1ccc2oc(Nc3ccc(-c4ccc(C(=O)C5CCCC[C@@H]5C(=O)O)cc4)cc3)nc2c1. The molecular formula is C28H26N2O4. The molecule has 4 aromatic rings. The Morgan fingerprint density at radius 3 is 2.24 bits per heavy atom. The van der Waals surface area contributed by atoms with Crippen LogP contribution in [-0.4, -0.2) is 21.8 Å². The van der Waals surface area contributed by atoms with Gasteiger partial charge in [0.25, 0.3) is 6.01 Å². The number of oxazole rings is 1. The van der Waals surface area contributed by atoms with Gasteiger partial charge in [0, 0.05) is 17.2 Å². The van der Waals surface area contributed by atoms with Crippen LogP contribution in [0.25, 0.3) is 22.2 Å². The fraction of sp³-hybridized carbons (Fsp3) is 0.250. The molecule has 0 saturated heterocycles. The first kappa shape index (κ1) is 21.9. The molecule has 1 aliphatic carbocycles. The number of aromatic nitrogens is 1. The van der Waals surface area contributed by atoms with Crippen LogP contribution in [-0.2, 0) is 4.79 Å². The van der Waals surface area contributed by atoms with Crippen LogP contribution in [0.15, 0.2) is 71.1 Å². The number of carbonyl (C=O) groups excluding carboxylic acids is 1. The lowest BCUT2D eigenvalue weighted by Gasteiger charge is -2.27. The zero-order valence-corrected chi connectivity index (χ0v) is 19.0. The topological polar surface area (TPSA) is 92.4 Å². The van der Waals surface area contributed by atoms with Crippen LogP contribution >= 0.6 is 0 Å². The Labute approximate surface area is 197 Å². The molecule has 5 rings (SSSR count). The number of Topliss-reactive ketones (excluding diaryl/α,β-unsaturated/α-hetero) is 1. The number of nitrogens with zero attached hydrogens (tertiary/aromatic N) is 1. The number of aryl methyl sites for hydroxylation is 1. The van der Waals surface area contributed by atoms with Gasteiger partial charge in [-0.2, -0.15) is 4.98 Å². The lowest BCUT2D eigenvalue weighted by atomic mass is 9.75. The molecule has 2 atom stereocenters. The number of ketones is 1. The number of benzene rings is 3. The minimum atomic E-state index is -0.865. The van der Waals surface area contributed by atoms with E-state index < -0.39 is 17.8 Å². The molecule has 34 heavy (non-hydrogen) atoms. The highest BCUT2D eigenvalue weighted by Gasteiger charge is 2.35. The summed E-state index contributed by atoms with van der Waals surface area (Å²) in [6.07, 6.45) is 3.00.